The van der Waals surface area contributed by atoms with E-state index in [1.807, 2.05) is 69.3 Å². The van der Waals surface area contributed by atoms with Gasteiger partial charge in [0.2, 0.25) is 0 Å². The van der Waals surface area contributed by atoms with Crippen molar-refractivity contribution in [2.75, 3.05) is 19.8 Å². The summed E-state index contributed by atoms with van der Waals surface area (Å²) in [6.07, 6.45) is 1.85. The van der Waals surface area contributed by atoms with E-state index < -0.39 is 0 Å². The van der Waals surface area contributed by atoms with Gasteiger partial charge in [-0.15, -0.1) is 0 Å². The average molecular weight is 397 g/mol. The second-order valence-corrected chi connectivity index (χ2v) is 7.51. The quantitative estimate of drug-likeness (QED) is 0.570. The Morgan fingerprint density at radius 3 is 2.50 bits per heavy atom. The number of phenols is 1. The number of para-hydroxylation sites is 1. The second kappa shape index (κ2) is 9.08. The Labute approximate surface area is 169 Å². The molecule has 1 N–H and O–H groups in total. The smallest absolute Gasteiger partial charge is 0.266 e. The monoisotopic (exact) mass is 396 g/mol. The van der Waals surface area contributed by atoms with Gasteiger partial charge in [0.25, 0.3) is 5.91 Å². The average Bonchev–Trinajstić information content (AvgIpc) is 2.96. The van der Waals surface area contributed by atoms with Crippen LogP contribution < -0.4 is 0 Å². The number of hydrogen-bond acceptors (Lipinski definition) is 5. The lowest BCUT2D eigenvalue weighted by Crippen LogP contribution is -2.32. The molecule has 6 heteroatoms. The van der Waals surface area contributed by atoms with Crippen molar-refractivity contribution < 1.29 is 14.6 Å². The molecule has 2 aromatic rings. The summed E-state index contributed by atoms with van der Waals surface area (Å²) in [5.41, 5.74) is 3.26. The summed E-state index contributed by atoms with van der Waals surface area (Å²) >= 11 is 1.36. The van der Waals surface area contributed by atoms with Crippen molar-refractivity contribution in [3.63, 3.8) is 0 Å². The van der Waals surface area contributed by atoms with Gasteiger partial charge in [-0.3, -0.25) is 9.69 Å². The summed E-state index contributed by atoms with van der Waals surface area (Å²) in [4.78, 5) is 19.9. The summed E-state index contributed by atoms with van der Waals surface area (Å²) in [6, 6.07) is 13.3. The molecule has 0 spiro atoms. The van der Waals surface area contributed by atoms with Crippen LogP contribution in [0.15, 0.2) is 52.4 Å². The molecule has 3 rings (SSSR count). The highest BCUT2D eigenvalue weighted by Crippen LogP contribution is 2.35. The number of aromatic hydroxyl groups is 1. The SMILES string of the molecule is CCOCCN1C(=O)/C(=C/c2cc(C)c(O)c(C)c2)SC1=Nc1ccccc1. The first kappa shape index (κ1) is 20.2. The lowest BCUT2D eigenvalue weighted by atomic mass is 10.1. The van der Waals surface area contributed by atoms with E-state index in [1.54, 1.807) is 4.90 Å². The van der Waals surface area contributed by atoms with E-state index >= 15 is 0 Å². The van der Waals surface area contributed by atoms with Crippen LogP contribution in [0.5, 0.6) is 5.75 Å². The van der Waals surface area contributed by atoms with Crippen LogP contribution in [-0.4, -0.2) is 40.8 Å². The lowest BCUT2D eigenvalue weighted by Gasteiger charge is -2.15. The Morgan fingerprint density at radius 2 is 1.86 bits per heavy atom. The number of aryl methyl sites for hydroxylation is 2. The number of aliphatic imine (C=N–C) groups is 1. The normalized spacial score (nSPS) is 17.1. The number of thioether (sulfide) groups is 1. The van der Waals surface area contributed by atoms with Crippen molar-refractivity contribution in [2.24, 2.45) is 4.99 Å². The third-order valence-electron chi connectivity index (χ3n) is 4.34. The van der Waals surface area contributed by atoms with Crippen LogP contribution in [0, 0.1) is 13.8 Å². The maximum Gasteiger partial charge on any atom is 0.266 e. The van der Waals surface area contributed by atoms with Crippen LogP contribution in [0.4, 0.5) is 5.69 Å². The number of ether oxygens (including phenoxy) is 1. The van der Waals surface area contributed by atoms with Crippen LogP contribution >= 0.6 is 11.8 Å². The van der Waals surface area contributed by atoms with E-state index in [9.17, 15) is 9.90 Å². The van der Waals surface area contributed by atoms with Crippen LogP contribution in [0.1, 0.15) is 23.6 Å². The summed E-state index contributed by atoms with van der Waals surface area (Å²) in [7, 11) is 0. The van der Waals surface area contributed by atoms with Gasteiger partial charge in [-0.25, -0.2) is 4.99 Å². The molecule has 0 radical (unpaired) electrons. The minimum absolute atomic E-state index is 0.0808. The minimum atomic E-state index is -0.0808. The number of benzene rings is 2. The Balaban J connectivity index is 1.93. The summed E-state index contributed by atoms with van der Waals surface area (Å²) in [6.45, 7) is 7.16. The van der Waals surface area contributed by atoms with Gasteiger partial charge in [-0.1, -0.05) is 18.2 Å². The van der Waals surface area contributed by atoms with E-state index in [-0.39, 0.29) is 11.7 Å². The zero-order chi connectivity index (χ0) is 20.1. The number of hydrogen-bond donors (Lipinski definition) is 1. The maximum atomic E-state index is 13.0. The summed E-state index contributed by atoms with van der Waals surface area (Å²) < 4.78 is 5.44. The first-order chi connectivity index (χ1) is 13.5. The van der Waals surface area contributed by atoms with E-state index in [0.29, 0.717) is 29.8 Å². The van der Waals surface area contributed by atoms with E-state index in [0.717, 1.165) is 22.4 Å². The van der Waals surface area contributed by atoms with E-state index in [1.165, 1.54) is 11.8 Å². The van der Waals surface area contributed by atoms with Crippen LogP contribution in [0.3, 0.4) is 0 Å². The fourth-order valence-electron chi connectivity index (χ4n) is 2.93. The van der Waals surface area contributed by atoms with Gasteiger partial charge in [-0.2, -0.15) is 0 Å². The standard InChI is InChI=1S/C22H24N2O3S/c1-4-27-11-10-24-21(26)19(14-17-12-15(2)20(25)16(3)13-17)28-22(24)23-18-8-6-5-7-9-18/h5-9,12-14,25H,4,10-11H2,1-3H3/b19-14-,23-22?. The van der Waals surface area contributed by atoms with E-state index in [4.69, 9.17) is 4.74 Å². The van der Waals surface area contributed by atoms with Gasteiger partial charge in [0.15, 0.2) is 5.17 Å². The van der Waals surface area contributed by atoms with Crippen molar-refractivity contribution in [3.8, 4) is 5.75 Å². The fraction of sp³-hybridized carbons (Fsp3) is 0.273. The number of carbonyl (C=O) groups excluding carboxylic acids is 1. The van der Waals surface area contributed by atoms with Gasteiger partial charge in [-0.05, 0) is 79.6 Å². The largest absolute Gasteiger partial charge is 0.507 e. The highest BCUT2D eigenvalue weighted by atomic mass is 32.2. The topological polar surface area (TPSA) is 62.1 Å². The number of amidine groups is 1. The molecule has 0 saturated carbocycles. The van der Waals surface area contributed by atoms with Gasteiger partial charge in [0, 0.05) is 6.61 Å². The predicted octanol–water partition coefficient (Wildman–Crippen LogP) is 4.65. The molecule has 1 heterocycles. The molecule has 0 bridgehead atoms. The van der Waals surface area contributed by atoms with Gasteiger partial charge in [0.1, 0.15) is 5.75 Å². The minimum Gasteiger partial charge on any atom is -0.507 e. The first-order valence-electron chi connectivity index (χ1n) is 9.22. The third kappa shape index (κ3) is 4.64. The van der Waals surface area contributed by atoms with Crippen molar-refractivity contribution in [3.05, 3.63) is 64.1 Å². The Morgan fingerprint density at radius 1 is 1.18 bits per heavy atom. The van der Waals surface area contributed by atoms with Gasteiger partial charge >= 0.3 is 0 Å². The fourth-order valence-corrected chi connectivity index (χ4v) is 3.95. The molecule has 28 heavy (non-hydrogen) atoms. The molecular weight excluding hydrogens is 372 g/mol. The molecule has 5 nitrogen and oxygen atoms in total. The van der Waals surface area contributed by atoms with E-state index in [2.05, 4.69) is 4.99 Å². The Bertz CT molecular complexity index is 900. The second-order valence-electron chi connectivity index (χ2n) is 6.50. The predicted molar refractivity (Wildman–Crippen MR) is 115 cm³/mol. The molecule has 0 unspecified atom stereocenters. The van der Waals surface area contributed by atoms with Crippen molar-refractivity contribution >= 4 is 34.6 Å². The Hall–Kier alpha value is -2.57. The number of phenolic OH excluding ortho intramolecular Hbond substituents is 1. The number of rotatable bonds is 6. The van der Waals surface area contributed by atoms with Crippen molar-refractivity contribution in [1.82, 2.24) is 4.90 Å². The number of nitrogens with zero attached hydrogens (tertiary/aromatic N) is 2. The molecular formula is C22H24N2O3S. The maximum absolute atomic E-state index is 13.0. The summed E-state index contributed by atoms with van der Waals surface area (Å²) in [5, 5.41) is 10.6. The Kier molecular flexibility index (Phi) is 6.54. The lowest BCUT2D eigenvalue weighted by molar-refractivity contribution is -0.122. The molecule has 1 aliphatic rings. The molecule has 2 aromatic carbocycles. The number of amides is 1. The van der Waals surface area contributed by atoms with Crippen molar-refractivity contribution in [2.45, 2.75) is 20.8 Å². The number of carbonyl (C=O) groups is 1. The zero-order valence-corrected chi connectivity index (χ0v) is 17.1. The molecule has 1 saturated heterocycles. The van der Waals surface area contributed by atoms with Crippen molar-refractivity contribution in [1.29, 1.82) is 0 Å². The molecule has 1 aliphatic heterocycles. The van der Waals surface area contributed by atoms with Crippen LogP contribution in [-0.2, 0) is 9.53 Å². The first-order valence-corrected chi connectivity index (χ1v) is 10.0. The highest BCUT2D eigenvalue weighted by molar-refractivity contribution is 8.18. The third-order valence-corrected chi connectivity index (χ3v) is 5.35. The molecule has 0 aliphatic carbocycles. The summed E-state index contributed by atoms with van der Waals surface area (Å²) in [5.74, 6) is 0.208. The van der Waals surface area contributed by atoms with Crippen LogP contribution in [0.25, 0.3) is 6.08 Å². The molecule has 0 aromatic heterocycles. The van der Waals surface area contributed by atoms with Crippen LogP contribution in [0.2, 0.25) is 0 Å². The van der Waals surface area contributed by atoms with Gasteiger partial charge < -0.3 is 9.84 Å². The van der Waals surface area contributed by atoms with Gasteiger partial charge in [0.05, 0.1) is 23.7 Å². The molecule has 146 valence electrons. The highest BCUT2D eigenvalue weighted by Gasteiger charge is 2.33. The molecule has 0 atom stereocenters. The molecule has 1 amide bonds. The molecule has 1 fully saturated rings. The zero-order valence-electron chi connectivity index (χ0n) is 16.3.